The van der Waals surface area contributed by atoms with Gasteiger partial charge in [-0.15, -0.1) is 0 Å². The fourth-order valence-corrected chi connectivity index (χ4v) is 2.38. The van der Waals surface area contributed by atoms with Crippen LogP contribution in [0.3, 0.4) is 0 Å². The van der Waals surface area contributed by atoms with E-state index in [1.54, 1.807) is 0 Å². The van der Waals surface area contributed by atoms with Gasteiger partial charge < -0.3 is 9.84 Å². The molecule has 17 heavy (non-hydrogen) atoms. The molecule has 1 aromatic carbocycles. The summed E-state index contributed by atoms with van der Waals surface area (Å²) < 4.78 is 5.85. The molecule has 0 spiro atoms. The van der Waals surface area contributed by atoms with E-state index in [4.69, 9.17) is 4.74 Å². The molecule has 2 heteroatoms. The number of rotatable bonds is 6. The van der Waals surface area contributed by atoms with Crippen LogP contribution in [0, 0.1) is 6.92 Å². The molecule has 0 saturated heterocycles. The van der Waals surface area contributed by atoms with E-state index in [1.165, 1.54) is 0 Å². The van der Waals surface area contributed by atoms with Crippen LogP contribution < -0.4 is 0 Å². The Morgan fingerprint density at radius 3 is 2.24 bits per heavy atom. The fraction of sp³-hybridized carbons (Fsp3) is 0.600. The van der Waals surface area contributed by atoms with Crippen molar-refractivity contribution in [1.82, 2.24) is 0 Å². The van der Waals surface area contributed by atoms with Crippen molar-refractivity contribution in [3.63, 3.8) is 0 Å². The van der Waals surface area contributed by atoms with E-state index in [-0.39, 0.29) is 0 Å². The number of hydrogen-bond acceptors (Lipinski definition) is 2. The first-order valence-corrected chi connectivity index (χ1v) is 6.48. The number of aryl methyl sites for hydroxylation is 1. The molecule has 0 heterocycles. The molecular weight excluding hydrogens is 212 g/mol. The summed E-state index contributed by atoms with van der Waals surface area (Å²) in [6, 6.07) is 7.97. The molecule has 0 bridgehead atoms. The van der Waals surface area contributed by atoms with Crippen molar-refractivity contribution in [1.29, 1.82) is 0 Å². The maximum absolute atomic E-state index is 10.6. The first-order valence-electron chi connectivity index (χ1n) is 6.48. The van der Waals surface area contributed by atoms with Gasteiger partial charge in [0.2, 0.25) is 0 Å². The summed E-state index contributed by atoms with van der Waals surface area (Å²) in [6.45, 7) is 8.77. The number of ether oxygens (including phenoxy) is 1. The van der Waals surface area contributed by atoms with Gasteiger partial charge in [-0.3, -0.25) is 0 Å². The quantitative estimate of drug-likeness (QED) is 0.817. The highest BCUT2D eigenvalue weighted by atomic mass is 16.5. The van der Waals surface area contributed by atoms with Gasteiger partial charge in [0.25, 0.3) is 0 Å². The minimum absolute atomic E-state index is 0.457. The molecule has 1 rings (SSSR count). The second-order valence-electron chi connectivity index (χ2n) is 4.46. The van der Waals surface area contributed by atoms with Crippen LogP contribution in [0.2, 0.25) is 0 Å². The second kappa shape index (κ2) is 6.18. The van der Waals surface area contributed by atoms with Crippen molar-refractivity contribution >= 4 is 0 Å². The van der Waals surface area contributed by atoms with Crippen LogP contribution in [0.4, 0.5) is 0 Å². The Morgan fingerprint density at radius 1 is 1.18 bits per heavy atom. The summed E-state index contributed by atoms with van der Waals surface area (Å²) in [6.07, 6.45) is 1.07. The normalized spacial score (nSPS) is 13.7. The molecule has 2 nitrogen and oxygen atoms in total. The van der Waals surface area contributed by atoms with Crippen LogP contribution in [0.5, 0.6) is 0 Å². The summed E-state index contributed by atoms with van der Waals surface area (Å²) in [5.41, 5.74) is 1.64. The molecule has 1 aromatic rings. The summed E-state index contributed by atoms with van der Waals surface area (Å²) in [5.74, 6) is 0. The lowest BCUT2D eigenvalue weighted by molar-refractivity contribution is -0.127. The van der Waals surface area contributed by atoms with Gasteiger partial charge >= 0.3 is 0 Å². The first-order chi connectivity index (χ1) is 8.11. The molecule has 1 atom stereocenters. The average molecular weight is 236 g/mol. The topological polar surface area (TPSA) is 29.5 Å². The largest absolute Gasteiger partial charge is 0.385 e. The molecule has 0 aliphatic heterocycles. The average Bonchev–Trinajstić information content (AvgIpc) is 2.36. The molecule has 0 aromatic heterocycles. The lowest BCUT2D eigenvalue weighted by Crippen LogP contribution is -2.38. The maximum atomic E-state index is 10.6. The molecule has 1 unspecified atom stereocenters. The molecule has 0 saturated carbocycles. The first kappa shape index (κ1) is 14.2. The summed E-state index contributed by atoms with van der Waals surface area (Å²) in [7, 11) is 0. The van der Waals surface area contributed by atoms with E-state index >= 15 is 0 Å². The minimum Gasteiger partial charge on any atom is -0.385 e. The lowest BCUT2D eigenvalue weighted by atomic mass is 9.84. The highest BCUT2D eigenvalue weighted by molar-refractivity contribution is 5.29. The predicted molar refractivity (Wildman–Crippen MR) is 71.1 cm³/mol. The highest BCUT2D eigenvalue weighted by Gasteiger charge is 2.36. The molecule has 0 fully saturated rings. The van der Waals surface area contributed by atoms with E-state index in [9.17, 15) is 5.11 Å². The number of hydrogen-bond donors (Lipinski definition) is 1. The third-order valence-electron chi connectivity index (χ3n) is 3.61. The van der Waals surface area contributed by atoms with Crippen molar-refractivity contribution in [2.45, 2.75) is 52.2 Å². The smallest absolute Gasteiger partial charge is 0.108 e. The van der Waals surface area contributed by atoms with E-state index in [0.29, 0.717) is 6.61 Å². The van der Waals surface area contributed by atoms with Crippen molar-refractivity contribution in [3.8, 4) is 0 Å². The van der Waals surface area contributed by atoms with Crippen LogP contribution >= 0.6 is 0 Å². The van der Waals surface area contributed by atoms with Crippen molar-refractivity contribution in [3.05, 3.63) is 35.4 Å². The van der Waals surface area contributed by atoms with Crippen LogP contribution in [0.15, 0.2) is 24.3 Å². The third kappa shape index (κ3) is 2.88. The highest BCUT2D eigenvalue weighted by Crippen LogP contribution is 2.36. The Hall–Kier alpha value is -0.860. The van der Waals surface area contributed by atoms with E-state index in [2.05, 4.69) is 13.8 Å². The zero-order chi connectivity index (χ0) is 12.9. The van der Waals surface area contributed by atoms with Gasteiger partial charge in [0.05, 0.1) is 5.60 Å². The molecular formula is C15H24O2. The Bertz CT molecular complexity index is 343. The molecule has 0 aliphatic rings. The van der Waals surface area contributed by atoms with E-state index in [1.807, 2.05) is 38.1 Å². The summed E-state index contributed by atoms with van der Waals surface area (Å²) in [4.78, 5) is 0. The second-order valence-corrected chi connectivity index (χ2v) is 4.46. The van der Waals surface area contributed by atoms with Gasteiger partial charge in [0.15, 0.2) is 0 Å². The van der Waals surface area contributed by atoms with Crippen molar-refractivity contribution in [2.24, 2.45) is 0 Å². The fourth-order valence-electron chi connectivity index (χ4n) is 2.38. The zero-order valence-electron chi connectivity index (χ0n) is 11.4. The Labute approximate surface area is 105 Å². The summed E-state index contributed by atoms with van der Waals surface area (Å²) >= 11 is 0. The van der Waals surface area contributed by atoms with Gasteiger partial charge in [-0.05, 0) is 37.8 Å². The number of aliphatic hydroxyl groups is 1. The Morgan fingerprint density at radius 2 is 1.76 bits per heavy atom. The maximum Gasteiger partial charge on any atom is 0.108 e. The van der Waals surface area contributed by atoms with Gasteiger partial charge in [0, 0.05) is 6.61 Å². The predicted octanol–water partition coefficient (Wildman–Crippen LogP) is 3.62. The van der Waals surface area contributed by atoms with Gasteiger partial charge in [-0.1, -0.05) is 38.1 Å². The zero-order valence-corrected chi connectivity index (χ0v) is 11.4. The van der Waals surface area contributed by atoms with Crippen LogP contribution in [0.25, 0.3) is 0 Å². The molecule has 0 radical (unpaired) electrons. The van der Waals surface area contributed by atoms with Gasteiger partial charge in [0.1, 0.15) is 6.10 Å². The van der Waals surface area contributed by atoms with Gasteiger partial charge in [-0.25, -0.2) is 0 Å². The minimum atomic E-state index is -0.557. The Kier molecular flexibility index (Phi) is 5.16. The van der Waals surface area contributed by atoms with Crippen molar-refractivity contribution < 1.29 is 9.84 Å². The summed E-state index contributed by atoms with van der Waals surface area (Å²) in [5, 5.41) is 10.6. The van der Waals surface area contributed by atoms with E-state index in [0.717, 1.165) is 24.0 Å². The lowest BCUT2D eigenvalue weighted by Gasteiger charge is -2.37. The van der Waals surface area contributed by atoms with Gasteiger partial charge in [-0.2, -0.15) is 0 Å². The van der Waals surface area contributed by atoms with E-state index < -0.39 is 11.7 Å². The number of aliphatic hydroxyl groups excluding tert-OH is 1. The number of benzene rings is 1. The van der Waals surface area contributed by atoms with Crippen molar-refractivity contribution in [2.75, 3.05) is 6.61 Å². The Balaban J connectivity index is 3.07. The molecule has 96 valence electrons. The monoisotopic (exact) mass is 236 g/mol. The molecule has 0 aliphatic carbocycles. The van der Waals surface area contributed by atoms with Crippen LogP contribution in [0.1, 0.15) is 50.8 Å². The molecule has 0 amide bonds. The van der Waals surface area contributed by atoms with Crippen LogP contribution in [-0.4, -0.2) is 17.3 Å². The third-order valence-corrected chi connectivity index (χ3v) is 3.61. The molecule has 1 N–H and O–H groups in total. The SMILES string of the molecule is CCOC(CC)(CC)C(O)c1ccccc1C. The standard InChI is InChI=1S/C15H24O2/c1-5-15(6-2,17-7-3)14(16)13-11-9-8-10-12(13)4/h8-11,14,16H,5-7H2,1-4H3. The van der Waals surface area contributed by atoms with Crippen LogP contribution in [-0.2, 0) is 4.74 Å².